The van der Waals surface area contributed by atoms with Crippen LogP contribution in [0.5, 0.6) is 5.75 Å². The van der Waals surface area contributed by atoms with Crippen LogP contribution in [-0.2, 0) is 4.74 Å². The number of ether oxygens (including phenoxy) is 2. The summed E-state index contributed by atoms with van der Waals surface area (Å²) >= 11 is 5.82. The molecule has 0 spiro atoms. The molecule has 1 aromatic rings. The van der Waals surface area contributed by atoms with Gasteiger partial charge in [0, 0.05) is 23.8 Å². The highest BCUT2D eigenvalue weighted by Crippen LogP contribution is 2.30. The number of hydrogen-bond acceptors (Lipinski definition) is 4. The van der Waals surface area contributed by atoms with Crippen LogP contribution in [0.15, 0.2) is 18.2 Å². The summed E-state index contributed by atoms with van der Waals surface area (Å²) in [4.78, 5) is 10.4. The number of hydrogen-bond donors (Lipinski definition) is 0. The maximum absolute atomic E-state index is 10.8. The molecule has 1 atom stereocenters. The maximum atomic E-state index is 10.8. The van der Waals surface area contributed by atoms with Gasteiger partial charge in [-0.2, -0.15) is 0 Å². The smallest absolute Gasteiger partial charge is 0.311 e. The fraction of sp³-hybridized carbons (Fsp3) is 0.538. The van der Waals surface area contributed by atoms with Crippen molar-refractivity contribution in [3.05, 3.63) is 33.3 Å². The topological polar surface area (TPSA) is 61.6 Å². The summed E-state index contributed by atoms with van der Waals surface area (Å²) in [5.41, 5.74) is -0.0542. The predicted molar refractivity (Wildman–Crippen MR) is 71.8 cm³/mol. The Hall–Kier alpha value is -1.33. The Kier molecular flexibility index (Phi) is 4.99. The van der Waals surface area contributed by atoms with Gasteiger partial charge < -0.3 is 9.47 Å². The predicted octanol–water partition coefficient (Wildman–Crippen LogP) is 3.59. The van der Waals surface area contributed by atoms with E-state index in [1.165, 1.54) is 18.2 Å². The Morgan fingerprint density at radius 3 is 3.05 bits per heavy atom. The van der Waals surface area contributed by atoms with Crippen LogP contribution in [0.4, 0.5) is 5.69 Å². The zero-order valence-electron chi connectivity index (χ0n) is 10.5. The summed E-state index contributed by atoms with van der Waals surface area (Å²) in [6.07, 6.45) is 4.27. The molecule has 0 radical (unpaired) electrons. The standard InChI is InChI=1S/C13H16ClNO4/c14-10-5-6-12(15(16)17)13(9-10)19-8-2-4-11-3-1-7-18-11/h5-6,9,11H,1-4,7-8H2. The minimum Gasteiger partial charge on any atom is -0.487 e. The number of benzene rings is 1. The van der Waals surface area contributed by atoms with E-state index in [0.717, 1.165) is 32.3 Å². The second-order valence-electron chi connectivity index (χ2n) is 4.49. The van der Waals surface area contributed by atoms with Crippen LogP contribution in [0.1, 0.15) is 25.7 Å². The summed E-state index contributed by atoms with van der Waals surface area (Å²) in [6, 6.07) is 4.32. The van der Waals surface area contributed by atoms with E-state index in [1.54, 1.807) is 0 Å². The van der Waals surface area contributed by atoms with Gasteiger partial charge in [0.05, 0.1) is 17.6 Å². The van der Waals surface area contributed by atoms with E-state index >= 15 is 0 Å². The van der Waals surface area contributed by atoms with Crippen LogP contribution in [0, 0.1) is 10.1 Å². The molecule has 1 aliphatic rings. The van der Waals surface area contributed by atoms with E-state index < -0.39 is 4.92 Å². The average Bonchev–Trinajstić information content (AvgIpc) is 2.87. The van der Waals surface area contributed by atoms with Crippen LogP contribution >= 0.6 is 11.6 Å². The fourth-order valence-electron chi connectivity index (χ4n) is 2.12. The Morgan fingerprint density at radius 2 is 2.37 bits per heavy atom. The third-order valence-corrected chi connectivity index (χ3v) is 3.31. The van der Waals surface area contributed by atoms with Crippen molar-refractivity contribution in [3.63, 3.8) is 0 Å². The second kappa shape index (κ2) is 6.73. The Bertz CT molecular complexity index is 446. The lowest BCUT2D eigenvalue weighted by Crippen LogP contribution is -2.08. The molecule has 19 heavy (non-hydrogen) atoms. The number of nitro groups is 1. The van der Waals surface area contributed by atoms with Gasteiger partial charge in [-0.15, -0.1) is 0 Å². The molecule has 1 heterocycles. The van der Waals surface area contributed by atoms with Crippen LogP contribution in [0.3, 0.4) is 0 Å². The second-order valence-corrected chi connectivity index (χ2v) is 4.93. The first-order chi connectivity index (χ1) is 9.16. The number of nitrogens with zero attached hydrogens (tertiary/aromatic N) is 1. The molecule has 1 aromatic carbocycles. The molecule has 0 N–H and O–H groups in total. The molecule has 0 aromatic heterocycles. The molecule has 5 nitrogen and oxygen atoms in total. The number of rotatable bonds is 6. The fourth-order valence-corrected chi connectivity index (χ4v) is 2.28. The van der Waals surface area contributed by atoms with Gasteiger partial charge in [0.1, 0.15) is 0 Å². The van der Waals surface area contributed by atoms with Crippen molar-refractivity contribution < 1.29 is 14.4 Å². The van der Waals surface area contributed by atoms with E-state index in [-0.39, 0.29) is 11.4 Å². The Morgan fingerprint density at radius 1 is 1.53 bits per heavy atom. The van der Waals surface area contributed by atoms with Gasteiger partial charge in [-0.05, 0) is 31.7 Å². The molecular formula is C13H16ClNO4. The van der Waals surface area contributed by atoms with E-state index in [1.807, 2.05) is 0 Å². The minimum absolute atomic E-state index is 0.0542. The van der Waals surface area contributed by atoms with Crippen LogP contribution in [0.2, 0.25) is 5.02 Å². The third kappa shape index (κ3) is 4.08. The first-order valence-electron chi connectivity index (χ1n) is 6.35. The van der Waals surface area contributed by atoms with Crippen molar-refractivity contribution in [2.24, 2.45) is 0 Å². The third-order valence-electron chi connectivity index (χ3n) is 3.07. The summed E-state index contributed by atoms with van der Waals surface area (Å²) in [6.45, 7) is 1.27. The largest absolute Gasteiger partial charge is 0.487 e. The van der Waals surface area contributed by atoms with Crippen molar-refractivity contribution in [1.82, 2.24) is 0 Å². The lowest BCUT2D eigenvalue weighted by Gasteiger charge is -2.10. The van der Waals surface area contributed by atoms with Gasteiger partial charge in [0.15, 0.2) is 5.75 Å². The highest BCUT2D eigenvalue weighted by molar-refractivity contribution is 6.30. The van der Waals surface area contributed by atoms with Crippen LogP contribution in [0.25, 0.3) is 0 Å². The van der Waals surface area contributed by atoms with E-state index in [2.05, 4.69) is 0 Å². The first-order valence-corrected chi connectivity index (χ1v) is 6.73. The molecule has 0 saturated carbocycles. The monoisotopic (exact) mass is 285 g/mol. The van der Waals surface area contributed by atoms with Gasteiger partial charge in [-0.3, -0.25) is 10.1 Å². The Balaban J connectivity index is 1.84. The molecule has 1 aliphatic heterocycles. The van der Waals surface area contributed by atoms with Crippen LogP contribution in [-0.4, -0.2) is 24.2 Å². The highest BCUT2D eigenvalue weighted by atomic mass is 35.5. The quantitative estimate of drug-likeness (QED) is 0.455. The normalized spacial score (nSPS) is 18.5. The molecule has 6 heteroatoms. The molecule has 1 unspecified atom stereocenters. The van der Waals surface area contributed by atoms with E-state index in [0.29, 0.717) is 17.7 Å². The first kappa shape index (κ1) is 14.1. The van der Waals surface area contributed by atoms with Crippen molar-refractivity contribution >= 4 is 17.3 Å². The number of halogens is 1. The minimum atomic E-state index is -0.467. The molecular weight excluding hydrogens is 270 g/mol. The lowest BCUT2D eigenvalue weighted by molar-refractivity contribution is -0.385. The van der Waals surface area contributed by atoms with Gasteiger partial charge in [-0.1, -0.05) is 11.6 Å². The highest BCUT2D eigenvalue weighted by Gasteiger charge is 2.17. The van der Waals surface area contributed by atoms with Crippen molar-refractivity contribution in [3.8, 4) is 5.75 Å². The molecule has 0 aliphatic carbocycles. The van der Waals surface area contributed by atoms with Crippen molar-refractivity contribution in [1.29, 1.82) is 0 Å². The zero-order valence-corrected chi connectivity index (χ0v) is 11.3. The summed E-state index contributed by atoms with van der Waals surface area (Å²) in [5.74, 6) is 0.227. The average molecular weight is 286 g/mol. The van der Waals surface area contributed by atoms with E-state index in [4.69, 9.17) is 21.1 Å². The number of nitro benzene ring substituents is 1. The Labute approximate surface area is 116 Å². The SMILES string of the molecule is O=[N+]([O-])c1ccc(Cl)cc1OCCCC1CCCO1. The summed E-state index contributed by atoms with van der Waals surface area (Å²) in [5, 5.41) is 11.3. The zero-order chi connectivity index (χ0) is 13.7. The van der Waals surface area contributed by atoms with Crippen molar-refractivity contribution in [2.75, 3.05) is 13.2 Å². The maximum Gasteiger partial charge on any atom is 0.311 e. The van der Waals surface area contributed by atoms with Gasteiger partial charge in [-0.25, -0.2) is 0 Å². The summed E-state index contributed by atoms with van der Waals surface area (Å²) in [7, 11) is 0. The molecule has 104 valence electrons. The lowest BCUT2D eigenvalue weighted by atomic mass is 10.1. The summed E-state index contributed by atoms with van der Waals surface area (Å²) < 4.78 is 11.0. The van der Waals surface area contributed by atoms with Crippen LogP contribution < -0.4 is 4.74 Å². The van der Waals surface area contributed by atoms with Crippen molar-refractivity contribution in [2.45, 2.75) is 31.8 Å². The molecule has 0 bridgehead atoms. The van der Waals surface area contributed by atoms with Gasteiger partial charge in [0.2, 0.25) is 0 Å². The molecule has 2 rings (SSSR count). The van der Waals surface area contributed by atoms with Gasteiger partial charge >= 0.3 is 5.69 Å². The van der Waals surface area contributed by atoms with Gasteiger partial charge in [0.25, 0.3) is 0 Å². The van der Waals surface area contributed by atoms with E-state index in [9.17, 15) is 10.1 Å². The molecule has 1 fully saturated rings. The molecule has 1 saturated heterocycles. The molecule has 0 amide bonds.